The standard InChI is InChI=1S/C15H20ClN3O4S3/c16-11-6-12-14(7-13(11)25(17,20)21)26(22,23)19-15(18-12)9-24-8-10-4-2-1-3-5-10/h6-7,10H,1-5,8-9H2,(H,18,19)(H2,17,20,21). The van der Waals surface area contributed by atoms with Crippen molar-refractivity contribution in [3.05, 3.63) is 17.2 Å². The van der Waals surface area contributed by atoms with Crippen LogP contribution in [-0.2, 0) is 20.0 Å². The van der Waals surface area contributed by atoms with E-state index in [1.54, 1.807) is 11.8 Å². The van der Waals surface area contributed by atoms with Crippen molar-refractivity contribution in [3.8, 4) is 0 Å². The maximum absolute atomic E-state index is 12.4. The highest BCUT2D eigenvalue weighted by Gasteiger charge is 2.28. The van der Waals surface area contributed by atoms with Crippen LogP contribution in [0.5, 0.6) is 0 Å². The van der Waals surface area contributed by atoms with E-state index in [1.165, 1.54) is 38.2 Å². The van der Waals surface area contributed by atoms with Crippen molar-refractivity contribution < 1.29 is 16.8 Å². The second-order valence-corrected chi connectivity index (χ2v) is 11.0. The summed E-state index contributed by atoms with van der Waals surface area (Å²) in [7, 11) is -8.15. The van der Waals surface area contributed by atoms with Gasteiger partial charge in [-0.25, -0.2) is 13.6 Å². The molecule has 0 radical (unpaired) electrons. The van der Waals surface area contributed by atoms with Gasteiger partial charge < -0.3 is 5.32 Å². The number of thioether (sulfide) groups is 1. The van der Waals surface area contributed by atoms with Gasteiger partial charge >= 0.3 is 0 Å². The van der Waals surface area contributed by atoms with Crippen LogP contribution in [0.4, 0.5) is 5.69 Å². The number of nitrogens with one attached hydrogen (secondary N) is 1. The van der Waals surface area contributed by atoms with E-state index in [0.717, 1.165) is 11.8 Å². The van der Waals surface area contributed by atoms with Crippen LogP contribution in [0.15, 0.2) is 26.3 Å². The van der Waals surface area contributed by atoms with E-state index in [9.17, 15) is 16.8 Å². The zero-order chi connectivity index (χ0) is 18.9. The van der Waals surface area contributed by atoms with Crippen LogP contribution in [0.2, 0.25) is 5.02 Å². The van der Waals surface area contributed by atoms with Crippen LogP contribution < -0.4 is 10.5 Å². The van der Waals surface area contributed by atoms with Gasteiger partial charge in [-0.05, 0) is 36.6 Å². The van der Waals surface area contributed by atoms with Crippen LogP contribution in [0.3, 0.4) is 0 Å². The quantitative estimate of drug-likeness (QED) is 0.730. The molecule has 1 saturated carbocycles. The molecule has 0 unspecified atom stereocenters. The molecule has 1 aromatic carbocycles. The number of benzene rings is 1. The van der Waals surface area contributed by atoms with Crippen molar-refractivity contribution in [2.75, 3.05) is 16.8 Å². The number of anilines is 1. The molecule has 1 heterocycles. The zero-order valence-corrected chi connectivity index (χ0v) is 17.1. The molecule has 0 saturated heterocycles. The predicted octanol–water partition coefficient (Wildman–Crippen LogP) is 2.81. The van der Waals surface area contributed by atoms with Crippen molar-refractivity contribution in [2.45, 2.75) is 41.9 Å². The Morgan fingerprint density at radius 3 is 2.62 bits per heavy atom. The number of rotatable bonds is 5. The molecule has 0 amide bonds. The molecule has 0 spiro atoms. The van der Waals surface area contributed by atoms with E-state index in [0.29, 0.717) is 17.5 Å². The lowest BCUT2D eigenvalue weighted by atomic mass is 9.91. The molecule has 26 heavy (non-hydrogen) atoms. The summed E-state index contributed by atoms with van der Waals surface area (Å²) in [6.07, 6.45) is 6.26. The summed E-state index contributed by atoms with van der Waals surface area (Å²) in [5.41, 5.74) is 0.214. The first-order chi connectivity index (χ1) is 12.2. The number of amidine groups is 1. The lowest BCUT2D eigenvalue weighted by Crippen LogP contribution is -2.25. The summed E-state index contributed by atoms with van der Waals surface area (Å²) in [4.78, 5) is -0.680. The highest BCUT2D eigenvalue weighted by molar-refractivity contribution is 8.00. The van der Waals surface area contributed by atoms with E-state index in [-0.39, 0.29) is 15.6 Å². The average molecular weight is 438 g/mol. The fourth-order valence-corrected chi connectivity index (χ4v) is 6.70. The van der Waals surface area contributed by atoms with Gasteiger partial charge in [0.05, 0.1) is 16.5 Å². The molecule has 7 nitrogen and oxygen atoms in total. The molecular formula is C15H20ClN3O4S3. The van der Waals surface area contributed by atoms with Crippen molar-refractivity contribution in [3.63, 3.8) is 0 Å². The SMILES string of the molecule is NS(=O)(=O)c1cc2c(cc1Cl)NC(CSCC1CCCCC1)=NS2(=O)=O. The predicted molar refractivity (Wildman–Crippen MR) is 105 cm³/mol. The average Bonchev–Trinajstić information content (AvgIpc) is 2.53. The maximum atomic E-state index is 12.4. The highest BCUT2D eigenvalue weighted by Crippen LogP contribution is 2.35. The topological polar surface area (TPSA) is 119 Å². The lowest BCUT2D eigenvalue weighted by Gasteiger charge is -2.22. The summed E-state index contributed by atoms with van der Waals surface area (Å²) in [6.45, 7) is 0. The summed E-state index contributed by atoms with van der Waals surface area (Å²) >= 11 is 7.60. The van der Waals surface area contributed by atoms with Gasteiger partial charge in [0, 0.05) is 0 Å². The number of fused-ring (bicyclic) bond motifs is 1. The Balaban J connectivity index is 1.77. The van der Waals surface area contributed by atoms with Gasteiger partial charge in [0.2, 0.25) is 10.0 Å². The second kappa shape index (κ2) is 7.67. The van der Waals surface area contributed by atoms with E-state index >= 15 is 0 Å². The van der Waals surface area contributed by atoms with Crippen LogP contribution in [0, 0.1) is 5.92 Å². The van der Waals surface area contributed by atoms with Crippen LogP contribution in [-0.4, -0.2) is 34.2 Å². The number of halogens is 1. The van der Waals surface area contributed by atoms with Crippen molar-refractivity contribution in [1.29, 1.82) is 0 Å². The Labute approximate surface area is 162 Å². The fraction of sp³-hybridized carbons (Fsp3) is 0.533. The van der Waals surface area contributed by atoms with Crippen molar-refractivity contribution in [1.82, 2.24) is 0 Å². The summed E-state index contributed by atoms with van der Waals surface area (Å²) < 4.78 is 51.7. The Morgan fingerprint density at radius 2 is 1.96 bits per heavy atom. The number of nitrogens with two attached hydrogens (primary N) is 1. The maximum Gasteiger partial charge on any atom is 0.286 e. The largest absolute Gasteiger partial charge is 0.341 e. The second-order valence-electron chi connectivity index (χ2n) is 6.48. The van der Waals surface area contributed by atoms with Gasteiger partial charge in [0.15, 0.2) is 0 Å². The first-order valence-electron chi connectivity index (χ1n) is 8.22. The van der Waals surface area contributed by atoms with E-state index in [2.05, 4.69) is 9.71 Å². The highest BCUT2D eigenvalue weighted by atomic mass is 35.5. The normalized spacial score (nSPS) is 20.2. The zero-order valence-electron chi connectivity index (χ0n) is 13.9. The van der Waals surface area contributed by atoms with Crippen molar-refractivity contribution in [2.24, 2.45) is 15.5 Å². The minimum atomic E-state index is -4.13. The molecule has 144 valence electrons. The Bertz CT molecular complexity index is 939. The molecule has 3 N–H and O–H groups in total. The summed E-state index contributed by atoms with van der Waals surface area (Å²) in [5.74, 6) is 2.40. The monoisotopic (exact) mass is 437 g/mol. The van der Waals surface area contributed by atoms with Crippen LogP contribution >= 0.6 is 23.4 Å². The van der Waals surface area contributed by atoms with Crippen molar-refractivity contribution >= 4 is 54.9 Å². The molecule has 0 bridgehead atoms. The number of primary sulfonamides is 1. The fourth-order valence-electron chi connectivity index (χ4n) is 3.17. The number of hydrogen-bond donors (Lipinski definition) is 2. The van der Waals surface area contributed by atoms with E-state index in [4.69, 9.17) is 16.7 Å². The summed E-state index contributed by atoms with van der Waals surface area (Å²) in [6, 6.07) is 2.21. The Morgan fingerprint density at radius 1 is 1.27 bits per heavy atom. The minimum Gasteiger partial charge on any atom is -0.341 e. The van der Waals surface area contributed by atoms with Gasteiger partial charge in [-0.2, -0.15) is 20.2 Å². The molecular weight excluding hydrogens is 418 g/mol. The molecule has 1 fully saturated rings. The third kappa shape index (κ3) is 4.53. The van der Waals surface area contributed by atoms with Gasteiger partial charge in [-0.15, -0.1) is 4.40 Å². The number of hydrogen-bond acceptors (Lipinski definition) is 6. The Hall–Kier alpha value is -0.810. The molecule has 2 aliphatic rings. The smallest absolute Gasteiger partial charge is 0.286 e. The lowest BCUT2D eigenvalue weighted by molar-refractivity contribution is 0.391. The van der Waals surface area contributed by atoms with Gasteiger partial charge in [-0.1, -0.05) is 30.9 Å². The van der Waals surface area contributed by atoms with Gasteiger partial charge in [-0.3, -0.25) is 0 Å². The third-order valence-corrected chi connectivity index (χ3v) is 8.36. The molecule has 0 atom stereocenters. The summed E-state index contributed by atoms with van der Waals surface area (Å²) in [5, 5.41) is 7.88. The van der Waals surface area contributed by atoms with Gasteiger partial charge in [0.1, 0.15) is 15.6 Å². The number of sulfonamides is 2. The number of nitrogens with zero attached hydrogens (tertiary/aromatic N) is 1. The molecule has 0 aromatic heterocycles. The van der Waals surface area contributed by atoms with Gasteiger partial charge in [0.25, 0.3) is 10.0 Å². The van der Waals surface area contributed by atoms with E-state index < -0.39 is 24.9 Å². The molecule has 1 aliphatic heterocycles. The van der Waals surface area contributed by atoms with E-state index in [1.807, 2.05) is 0 Å². The third-order valence-electron chi connectivity index (χ3n) is 4.44. The molecule has 1 aromatic rings. The molecule has 3 rings (SSSR count). The minimum absolute atomic E-state index is 0.134. The van der Waals surface area contributed by atoms with Crippen LogP contribution in [0.1, 0.15) is 32.1 Å². The first-order valence-corrected chi connectivity index (χ1v) is 12.7. The molecule has 1 aliphatic carbocycles. The Kier molecular flexibility index (Phi) is 5.88. The first kappa shape index (κ1) is 19.9. The molecule has 11 heteroatoms. The van der Waals surface area contributed by atoms with Crippen LogP contribution in [0.25, 0.3) is 0 Å².